The summed E-state index contributed by atoms with van der Waals surface area (Å²) in [6.07, 6.45) is 5.60. The van der Waals surface area contributed by atoms with E-state index in [0.29, 0.717) is 23.5 Å². The second-order valence-electron chi connectivity index (χ2n) is 6.01. The second-order valence-corrected chi connectivity index (χ2v) is 6.01. The SMILES string of the molecule is O=C1CC2CC=CC3c4cc5c(cc4C(=O)N1C23)OCO5. The van der Waals surface area contributed by atoms with Gasteiger partial charge in [-0.1, -0.05) is 12.2 Å². The summed E-state index contributed by atoms with van der Waals surface area (Å²) in [6, 6.07) is 3.61. The van der Waals surface area contributed by atoms with Gasteiger partial charge in [0.15, 0.2) is 11.5 Å². The number of imide groups is 1. The number of amides is 2. The molecular weight excluding hydrogens is 270 g/mol. The van der Waals surface area contributed by atoms with E-state index in [1.807, 2.05) is 6.07 Å². The van der Waals surface area contributed by atoms with Crippen LogP contribution in [0.4, 0.5) is 0 Å². The van der Waals surface area contributed by atoms with Crippen LogP contribution in [0.25, 0.3) is 0 Å². The summed E-state index contributed by atoms with van der Waals surface area (Å²) in [5.41, 5.74) is 1.53. The highest BCUT2D eigenvalue weighted by atomic mass is 16.7. The number of benzene rings is 1. The Morgan fingerprint density at radius 1 is 1.14 bits per heavy atom. The first kappa shape index (κ1) is 11.4. The molecule has 0 N–H and O–H groups in total. The Morgan fingerprint density at radius 3 is 2.81 bits per heavy atom. The minimum absolute atomic E-state index is 0.0251. The van der Waals surface area contributed by atoms with Crippen molar-refractivity contribution in [1.82, 2.24) is 4.90 Å². The molecule has 0 radical (unpaired) electrons. The zero-order valence-electron chi connectivity index (χ0n) is 11.2. The average Bonchev–Trinajstić information content (AvgIpc) is 3.06. The third-order valence-electron chi connectivity index (χ3n) is 4.99. The molecule has 3 unspecified atom stereocenters. The van der Waals surface area contributed by atoms with Crippen LogP contribution in [0.15, 0.2) is 24.3 Å². The van der Waals surface area contributed by atoms with Gasteiger partial charge in [-0.2, -0.15) is 0 Å². The van der Waals surface area contributed by atoms with E-state index in [2.05, 4.69) is 12.2 Å². The number of hydrogen-bond acceptors (Lipinski definition) is 4. The predicted octanol–water partition coefficient (Wildman–Crippen LogP) is 1.83. The van der Waals surface area contributed by atoms with Crippen LogP contribution in [0.5, 0.6) is 11.5 Å². The van der Waals surface area contributed by atoms with E-state index in [1.54, 1.807) is 6.07 Å². The summed E-state index contributed by atoms with van der Waals surface area (Å²) in [5.74, 6) is 1.37. The lowest BCUT2D eigenvalue weighted by Gasteiger charge is -2.39. The fraction of sp³-hybridized carbons (Fsp3) is 0.375. The van der Waals surface area contributed by atoms with Crippen LogP contribution in [0.1, 0.15) is 34.7 Å². The van der Waals surface area contributed by atoms with Gasteiger partial charge in [0.05, 0.1) is 6.04 Å². The van der Waals surface area contributed by atoms with Gasteiger partial charge in [-0.3, -0.25) is 14.5 Å². The molecule has 0 bridgehead atoms. The van der Waals surface area contributed by atoms with Crippen molar-refractivity contribution in [3.05, 3.63) is 35.4 Å². The maximum atomic E-state index is 12.7. The molecule has 0 spiro atoms. The maximum Gasteiger partial charge on any atom is 0.261 e. The molecule has 5 heteroatoms. The Kier molecular flexibility index (Phi) is 1.98. The van der Waals surface area contributed by atoms with E-state index in [9.17, 15) is 9.59 Å². The van der Waals surface area contributed by atoms with Gasteiger partial charge in [0.25, 0.3) is 5.91 Å². The number of allylic oxidation sites excluding steroid dienone is 1. The highest BCUT2D eigenvalue weighted by Crippen LogP contribution is 2.49. The molecule has 4 aliphatic rings. The standard InChI is InChI=1S/C16H13NO4/c18-14-4-8-2-1-3-9-10-5-12-13(21-7-20-12)6-11(10)16(19)17(14)15(8)9/h1,3,5-6,8-9,15H,2,4,7H2. The summed E-state index contributed by atoms with van der Waals surface area (Å²) in [7, 11) is 0. The van der Waals surface area contributed by atoms with Crippen molar-refractivity contribution >= 4 is 11.8 Å². The van der Waals surface area contributed by atoms with E-state index >= 15 is 0 Å². The Bertz CT molecular complexity index is 723. The van der Waals surface area contributed by atoms with Crippen LogP contribution in [-0.2, 0) is 4.79 Å². The molecule has 0 aromatic heterocycles. The molecule has 1 aromatic rings. The number of fused-ring (bicyclic) bond motifs is 3. The van der Waals surface area contributed by atoms with Crippen molar-refractivity contribution in [2.45, 2.75) is 24.8 Å². The van der Waals surface area contributed by atoms with Gasteiger partial charge < -0.3 is 9.47 Å². The first-order chi connectivity index (χ1) is 10.2. The smallest absolute Gasteiger partial charge is 0.261 e. The van der Waals surface area contributed by atoms with Crippen LogP contribution in [0.2, 0.25) is 0 Å². The Morgan fingerprint density at radius 2 is 1.95 bits per heavy atom. The van der Waals surface area contributed by atoms with Crippen LogP contribution in [-0.4, -0.2) is 29.5 Å². The summed E-state index contributed by atoms with van der Waals surface area (Å²) < 4.78 is 10.8. The van der Waals surface area contributed by atoms with E-state index in [-0.39, 0.29) is 36.5 Å². The van der Waals surface area contributed by atoms with Gasteiger partial charge in [0.1, 0.15) is 0 Å². The van der Waals surface area contributed by atoms with Crippen molar-refractivity contribution in [2.24, 2.45) is 5.92 Å². The summed E-state index contributed by atoms with van der Waals surface area (Å²) >= 11 is 0. The van der Waals surface area contributed by atoms with Gasteiger partial charge in [-0.25, -0.2) is 0 Å². The van der Waals surface area contributed by atoms with Crippen molar-refractivity contribution in [1.29, 1.82) is 0 Å². The van der Waals surface area contributed by atoms with Gasteiger partial charge in [0.2, 0.25) is 12.7 Å². The first-order valence-electron chi connectivity index (χ1n) is 7.20. The zero-order chi connectivity index (χ0) is 14.1. The van der Waals surface area contributed by atoms with Gasteiger partial charge in [0, 0.05) is 17.9 Å². The molecule has 1 saturated heterocycles. The molecule has 2 amide bonds. The van der Waals surface area contributed by atoms with Crippen molar-refractivity contribution in [3.63, 3.8) is 0 Å². The van der Waals surface area contributed by atoms with Crippen LogP contribution in [0, 0.1) is 5.92 Å². The monoisotopic (exact) mass is 283 g/mol. The van der Waals surface area contributed by atoms with Crippen LogP contribution in [0.3, 0.4) is 0 Å². The second kappa shape index (κ2) is 3.67. The third-order valence-corrected chi connectivity index (χ3v) is 4.99. The van der Waals surface area contributed by atoms with Gasteiger partial charge in [-0.05, 0) is 30.0 Å². The minimum Gasteiger partial charge on any atom is -0.454 e. The molecule has 1 aliphatic carbocycles. The van der Waals surface area contributed by atoms with Crippen LogP contribution < -0.4 is 9.47 Å². The zero-order valence-corrected chi connectivity index (χ0v) is 11.2. The molecule has 0 saturated carbocycles. The number of nitrogens with zero attached hydrogens (tertiary/aromatic N) is 1. The number of carbonyl (C=O) groups excluding carboxylic acids is 2. The number of rotatable bonds is 0. The number of hydrogen-bond donors (Lipinski definition) is 0. The van der Waals surface area contributed by atoms with Gasteiger partial charge in [-0.15, -0.1) is 0 Å². The average molecular weight is 283 g/mol. The molecule has 106 valence electrons. The Hall–Kier alpha value is -2.30. The highest BCUT2D eigenvalue weighted by Gasteiger charge is 2.52. The lowest BCUT2D eigenvalue weighted by molar-refractivity contribution is -0.126. The summed E-state index contributed by atoms with van der Waals surface area (Å²) in [6.45, 7) is 0.182. The maximum absolute atomic E-state index is 12.7. The molecular formula is C16H13NO4. The molecule has 3 atom stereocenters. The molecule has 5 nitrogen and oxygen atoms in total. The van der Waals surface area contributed by atoms with E-state index in [0.717, 1.165) is 12.0 Å². The van der Waals surface area contributed by atoms with Crippen molar-refractivity contribution in [3.8, 4) is 11.5 Å². The van der Waals surface area contributed by atoms with Crippen molar-refractivity contribution in [2.75, 3.05) is 6.79 Å². The molecule has 1 aromatic carbocycles. The largest absolute Gasteiger partial charge is 0.454 e. The molecule has 5 rings (SSSR count). The van der Waals surface area contributed by atoms with Crippen LogP contribution >= 0.6 is 0 Å². The molecule has 3 heterocycles. The normalized spacial score (nSPS) is 31.4. The number of ether oxygens (including phenoxy) is 2. The third kappa shape index (κ3) is 1.31. The minimum atomic E-state index is -0.188. The molecule has 3 aliphatic heterocycles. The Labute approximate surface area is 121 Å². The Balaban J connectivity index is 1.76. The highest BCUT2D eigenvalue weighted by molar-refractivity contribution is 6.09. The topological polar surface area (TPSA) is 55.8 Å². The molecule has 1 fully saturated rings. The first-order valence-corrected chi connectivity index (χ1v) is 7.20. The van der Waals surface area contributed by atoms with Crippen molar-refractivity contribution < 1.29 is 19.1 Å². The lowest BCUT2D eigenvalue weighted by Crippen LogP contribution is -2.48. The van der Waals surface area contributed by atoms with E-state index in [1.165, 1.54) is 4.90 Å². The summed E-state index contributed by atoms with van der Waals surface area (Å²) in [5, 5.41) is 0. The summed E-state index contributed by atoms with van der Waals surface area (Å²) in [4.78, 5) is 26.4. The van der Waals surface area contributed by atoms with E-state index < -0.39 is 0 Å². The fourth-order valence-electron chi connectivity index (χ4n) is 4.10. The molecule has 21 heavy (non-hydrogen) atoms. The number of carbonyl (C=O) groups is 2. The lowest BCUT2D eigenvalue weighted by atomic mass is 9.75. The predicted molar refractivity (Wildman–Crippen MR) is 72.1 cm³/mol. The van der Waals surface area contributed by atoms with Gasteiger partial charge >= 0.3 is 0 Å². The fourth-order valence-corrected chi connectivity index (χ4v) is 4.10. The quantitative estimate of drug-likeness (QED) is 0.538. The van der Waals surface area contributed by atoms with E-state index in [4.69, 9.17) is 9.47 Å².